The molecule has 0 heterocycles. The molecule has 196 valence electrons. The minimum Gasteiger partial charge on any atom is -0.444 e. The zero-order chi connectivity index (χ0) is 26.0. The Morgan fingerprint density at radius 3 is 2.34 bits per heavy atom. The monoisotopic (exact) mass is 487 g/mol. The second-order valence-electron chi connectivity index (χ2n) is 10.7. The van der Waals surface area contributed by atoms with Crippen LogP contribution in [0.2, 0.25) is 0 Å². The van der Waals surface area contributed by atoms with Crippen molar-refractivity contribution in [2.75, 3.05) is 13.1 Å². The normalized spacial score (nSPS) is 15.3. The first-order valence-electron chi connectivity index (χ1n) is 13.2. The van der Waals surface area contributed by atoms with E-state index in [0.717, 1.165) is 61.6 Å². The van der Waals surface area contributed by atoms with E-state index < -0.39 is 17.7 Å². The molecule has 1 saturated carbocycles. The molecular formula is C28H45N3O4. The molecule has 3 amide bonds. The molecule has 0 aliphatic heterocycles. The number of nitrogens with zero attached hydrogens (tertiary/aromatic N) is 1. The van der Waals surface area contributed by atoms with Gasteiger partial charge in [-0.15, -0.1) is 0 Å². The fourth-order valence-corrected chi connectivity index (χ4v) is 4.43. The van der Waals surface area contributed by atoms with Crippen molar-refractivity contribution >= 4 is 17.9 Å². The molecule has 0 bridgehead atoms. The number of unbranched alkanes of at least 4 members (excludes halogenated alkanes) is 2. The van der Waals surface area contributed by atoms with Gasteiger partial charge < -0.3 is 20.3 Å². The Kier molecular flexibility index (Phi) is 11.1. The maximum atomic E-state index is 13.7. The highest BCUT2D eigenvalue weighted by atomic mass is 16.6. The second kappa shape index (κ2) is 13.5. The van der Waals surface area contributed by atoms with Crippen molar-refractivity contribution < 1.29 is 19.1 Å². The molecule has 1 aromatic carbocycles. The molecule has 1 atom stereocenters. The third-order valence-corrected chi connectivity index (χ3v) is 6.46. The van der Waals surface area contributed by atoms with Crippen molar-refractivity contribution in [1.29, 1.82) is 0 Å². The topological polar surface area (TPSA) is 87.7 Å². The summed E-state index contributed by atoms with van der Waals surface area (Å²) in [5, 5.41) is 5.80. The van der Waals surface area contributed by atoms with Crippen LogP contribution < -0.4 is 10.6 Å². The number of aryl methyl sites for hydroxylation is 2. The highest BCUT2D eigenvalue weighted by Crippen LogP contribution is 2.26. The maximum absolute atomic E-state index is 13.7. The molecule has 1 aromatic rings. The Morgan fingerprint density at radius 1 is 1.06 bits per heavy atom. The van der Waals surface area contributed by atoms with E-state index in [4.69, 9.17) is 4.74 Å². The molecule has 2 rings (SSSR count). The zero-order valence-electron chi connectivity index (χ0n) is 22.5. The third kappa shape index (κ3) is 9.54. The Balaban J connectivity index is 2.31. The highest BCUT2D eigenvalue weighted by Gasteiger charge is 2.33. The number of nitrogens with one attached hydrogen (secondary N) is 2. The van der Waals surface area contributed by atoms with E-state index in [2.05, 4.69) is 17.6 Å². The standard InChI is InChI=1S/C28H45N3O4/c1-7-8-12-17-31(24(32)19-29-27(34)35-28(4,5)6)25(22-16-15-20(2)21(3)18-22)26(33)30-23-13-10-9-11-14-23/h15-16,18,23,25H,7-14,17,19H2,1-6H3,(H,29,34)(H,30,33). The summed E-state index contributed by atoms with van der Waals surface area (Å²) in [6.45, 7) is 11.7. The third-order valence-electron chi connectivity index (χ3n) is 6.46. The summed E-state index contributed by atoms with van der Waals surface area (Å²) in [6, 6.07) is 5.33. The summed E-state index contributed by atoms with van der Waals surface area (Å²) < 4.78 is 5.29. The van der Waals surface area contributed by atoms with Crippen LogP contribution in [0.5, 0.6) is 0 Å². The maximum Gasteiger partial charge on any atom is 0.408 e. The van der Waals surface area contributed by atoms with Gasteiger partial charge in [0, 0.05) is 12.6 Å². The average Bonchev–Trinajstić information content (AvgIpc) is 2.78. The van der Waals surface area contributed by atoms with Crippen LogP contribution in [0, 0.1) is 13.8 Å². The van der Waals surface area contributed by atoms with Crippen LogP contribution in [0.25, 0.3) is 0 Å². The summed E-state index contributed by atoms with van der Waals surface area (Å²) in [5.41, 5.74) is 2.35. The van der Waals surface area contributed by atoms with E-state index >= 15 is 0 Å². The molecule has 0 radical (unpaired) electrons. The smallest absolute Gasteiger partial charge is 0.408 e. The van der Waals surface area contributed by atoms with Gasteiger partial charge in [0.05, 0.1) is 0 Å². The van der Waals surface area contributed by atoms with E-state index in [9.17, 15) is 14.4 Å². The fraction of sp³-hybridized carbons (Fsp3) is 0.679. The molecule has 0 aromatic heterocycles. The minimum atomic E-state index is -0.749. The van der Waals surface area contributed by atoms with Crippen LogP contribution in [0.15, 0.2) is 18.2 Å². The van der Waals surface area contributed by atoms with Crippen molar-refractivity contribution in [2.24, 2.45) is 0 Å². The van der Waals surface area contributed by atoms with Crippen molar-refractivity contribution in [3.63, 3.8) is 0 Å². The predicted octanol–water partition coefficient (Wildman–Crippen LogP) is 5.34. The molecule has 35 heavy (non-hydrogen) atoms. The zero-order valence-corrected chi connectivity index (χ0v) is 22.5. The summed E-state index contributed by atoms with van der Waals surface area (Å²) >= 11 is 0. The lowest BCUT2D eigenvalue weighted by molar-refractivity contribution is -0.140. The lowest BCUT2D eigenvalue weighted by Crippen LogP contribution is -2.50. The van der Waals surface area contributed by atoms with Gasteiger partial charge >= 0.3 is 6.09 Å². The Bertz CT molecular complexity index is 856. The van der Waals surface area contributed by atoms with Crippen molar-refractivity contribution in [1.82, 2.24) is 15.5 Å². The molecular weight excluding hydrogens is 442 g/mol. The van der Waals surface area contributed by atoms with Gasteiger partial charge in [0.2, 0.25) is 11.8 Å². The van der Waals surface area contributed by atoms with Crippen LogP contribution in [0.4, 0.5) is 4.79 Å². The second-order valence-corrected chi connectivity index (χ2v) is 10.7. The SMILES string of the molecule is CCCCCN(C(=O)CNC(=O)OC(C)(C)C)C(C(=O)NC1CCCCC1)c1ccc(C)c(C)c1. The molecule has 1 fully saturated rings. The van der Waals surface area contributed by atoms with Gasteiger partial charge in [-0.3, -0.25) is 9.59 Å². The van der Waals surface area contributed by atoms with E-state index in [1.54, 1.807) is 25.7 Å². The summed E-state index contributed by atoms with van der Waals surface area (Å²) in [7, 11) is 0. The van der Waals surface area contributed by atoms with Gasteiger partial charge in [-0.25, -0.2) is 4.79 Å². The van der Waals surface area contributed by atoms with E-state index in [0.29, 0.717) is 6.54 Å². The molecule has 0 saturated heterocycles. The van der Waals surface area contributed by atoms with Gasteiger partial charge in [0.1, 0.15) is 18.2 Å². The molecule has 1 unspecified atom stereocenters. The van der Waals surface area contributed by atoms with Crippen molar-refractivity contribution in [3.05, 3.63) is 34.9 Å². The van der Waals surface area contributed by atoms with Crippen LogP contribution >= 0.6 is 0 Å². The van der Waals surface area contributed by atoms with Crippen molar-refractivity contribution in [3.8, 4) is 0 Å². The number of ether oxygens (including phenoxy) is 1. The van der Waals surface area contributed by atoms with Crippen LogP contribution in [0.1, 0.15) is 102 Å². The van der Waals surface area contributed by atoms with Crippen LogP contribution in [-0.4, -0.2) is 47.5 Å². The number of benzene rings is 1. The first-order valence-corrected chi connectivity index (χ1v) is 13.2. The van der Waals surface area contributed by atoms with E-state index in [1.807, 2.05) is 32.0 Å². The van der Waals surface area contributed by atoms with Gasteiger partial charge in [0.15, 0.2) is 0 Å². The number of hydrogen-bond acceptors (Lipinski definition) is 4. The van der Waals surface area contributed by atoms with Crippen LogP contribution in [-0.2, 0) is 14.3 Å². The minimum absolute atomic E-state index is 0.137. The molecule has 7 nitrogen and oxygen atoms in total. The Morgan fingerprint density at radius 2 is 1.74 bits per heavy atom. The summed E-state index contributed by atoms with van der Waals surface area (Å²) in [6.07, 6.45) is 7.45. The number of carbonyl (C=O) groups is 3. The number of hydrogen-bond donors (Lipinski definition) is 2. The van der Waals surface area contributed by atoms with Crippen LogP contribution in [0.3, 0.4) is 0 Å². The lowest BCUT2D eigenvalue weighted by Gasteiger charge is -2.34. The first-order chi connectivity index (χ1) is 16.5. The highest BCUT2D eigenvalue weighted by molar-refractivity contribution is 5.90. The van der Waals surface area contributed by atoms with Gasteiger partial charge in [-0.1, -0.05) is 57.2 Å². The summed E-state index contributed by atoms with van der Waals surface area (Å²) in [4.78, 5) is 41.0. The number of amides is 3. The number of carbonyl (C=O) groups excluding carboxylic acids is 3. The number of rotatable bonds is 10. The molecule has 1 aliphatic carbocycles. The van der Waals surface area contributed by atoms with Crippen molar-refractivity contribution in [2.45, 2.75) is 111 Å². The van der Waals surface area contributed by atoms with Gasteiger partial charge in [-0.05, 0) is 70.6 Å². The lowest BCUT2D eigenvalue weighted by atomic mass is 9.94. The largest absolute Gasteiger partial charge is 0.444 e. The molecule has 7 heteroatoms. The Hall–Kier alpha value is -2.57. The molecule has 0 spiro atoms. The first kappa shape index (κ1) is 28.7. The van der Waals surface area contributed by atoms with Gasteiger partial charge in [0.25, 0.3) is 0 Å². The average molecular weight is 488 g/mol. The van der Waals surface area contributed by atoms with E-state index in [1.165, 1.54) is 6.42 Å². The molecule has 2 N–H and O–H groups in total. The predicted molar refractivity (Wildman–Crippen MR) is 139 cm³/mol. The fourth-order valence-electron chi connectivity index (χ4n) is 4.43. The van der Waals surface area contributed by atoms with Gasteiger partial charge in [-0.2, -0.15) is 0 Å². The van der Waals surface area contributed by atoms with E-state index in [-0.39, 0.29) is 24.4 Å². The Labute approximate surface area is 211 Å². The number of alkyl carbamates (subject to hydrolysis) is 1. The summed E-state index contributed by atoms with van der Waals surface area (Å²) in [5.74, 6) is -0.448. The quantitative estimate of drug-likeness (QED) is 0.436. The molecule has 1 aliphatic rings.